The number of aliphatic hydroxyl groups excluding tert-OH is 1. The summed E-state index contributed by atoms with van der Waals surface area (Å²) < 4.78 is 43.4. The molecule has 2 aromatic carbocycles. The summed E-state index contributed by atoms with van der Waals surface area (Å²) in [5, 5.41) is 12.5. The van der Waals surface area contributed by atoms with Crippen molar-refractivity contribution in [3.63, 3.8) is 0 Å². The van der Waals surface area contributed by atoms with Crippen LogP contribution in [0.2, 0.25) is 0 Å². The van der Waals surface area contributed by atoms with Crippen molar-refractivity contribution in [2.45, 2.75) is 24.7 Å². The van der Waals surface area contributed by atoms with Crippen molar-refractivity contribution in [2.24, 2.45) is 0 Å². The number of aliphatic hydroxyl groups is 1. The molecule has 28 heavy (non-hydrogen) atoms. The first-order valence-corrected chi connectivity index (χ1v) is 8.89. The van der Waals surface area contributed by atoms with Crippen LogP contribution in [0.3, 0.4) is 0 Å². The number of hydrogen-bond donors (Lipinski definition) is 2. The number of alkyl halides is 3. The maximum Gasteiger partial charge on any atom is 0.416 e. The maximum atomic E-state index is 12.6. The Morgan fingerprint density at radius 1 is 1.11 bits per heavy atom. The third kappa shape index (κ3) is 5.80. The van der Waals surface area contributed by atoms with Gasteiger partial charge in [0.15, 0.2) is 6.10 Å². The van der Waals surface area contributed by atoms with E-state index in [1.54, 1.807) is 24.3 Å². The van der Waals surface area contributed by atoms with Crippen LogP contribution in [0.4, 0.5) is 13.2 Å². The van der Waals surface area contributed by atoms with E-state index in [1.165, 1.54) is 0 Å². The average molecular weight is 460 g/mol. The Kier molecular flexibility index (Phi) is 7.20. The molecule has 0 spiro atoms. The van der Waals surface area contributed by atoms with Gasteiger partial charge in [-0.2, -0.15) is 13.2 Å². The highest BCUT2D eigenvalue weighted by molar-refractivity contribution is 9.10. The van der Waals surface area contributed by atoms with Gasteiger partial charge in [-0.3, -0.25) is 4.79 Å². The van der Waals surface area contributed by atoms with Crippen LogP contribution in [0.25, 0.3) is 0 Å². The monoisotopic (exact) mass is 459 g/mol. The number of nitrogens with one attached hydrogen (secondary N) is 1. The third-order valence-electron chi connectivity index (χ3n) is 3.96. The molecule has 0 fully saturated rings. The first kappa shape index (κ1) is 21.9. The van der Waals surface area contributed by atoms with E-state index in [1.807, 2.05) is 0 Å². The predicted octanol–water partition coefficient (Wildman–Crippen LogP) is 3.40. The Morgan fingerprint density at radius 3 is 2.18 bits per heavy atom. The lowest BCUT2D eigenvalue weighted by molar-refractivity contribution is -0.146. The summed E-state index contributed by atoms with van der Waals surface area (Å²) in [5.41, 5.74) is -0.188. The van der Waals surface area contributed by atoms with Crippen LogP contribution in [0, 0.1) is 0 Å². The second-order valence-corrected chi connectivity index (χ2v) is 6.85. The minimum Gasteiger partial charge on any atom is -0.467 e. The SMILES string of the molecule is COC(=O)[C@@H](Cc1ccc(Br)cc1)NC(=O)[C@@H](O)c1ccc(C(F)(F)F)cc1. The third-order valence-corrected chi connectivity index (χ3v) is 4.49. The van der Waals surface area contributed by atoms with Crippen LogP contribution in [-0.2, 0) is 26.9 Å². The largest absolute Gasteiger partial charge is 0.467 e. The lowest BCUT2D eigenvalue weighted by Crippen LogP contribution is -2.45. The summed E-state index contributed by atoms with van der Waals surface area (Å²) in [7, 11) is 1.16. The number of amides is 1. The van der Waals surface area contributed by atoms with Gasteiger partial charge in [-0.1, -0.05) is 40.2 Å². The zero-order valence-electron chi connectivity index (χ0n) is 14.7. The molecule has 150 valence electrons. The lowest BCUT2D eigenvalue weighted by Gasteiger charge is -2.19. The van der Waals surface area contributed by atoms with Gasteiger partial charge in [-0.25, -0.2) is 4.79 Å². The highest BCUT2D eigenvalue weighted by Gasteiger charge is 2.31. The molecule has 0 heterocycles. The van der Waals surface area contributed by atoms with E-state index in [2.05, 4.69) is 26.0 Å². The fraction of sp³-hybridized carbons (Fsp3) is 0.263. The first-order chi connectivity index (χ1) is 13.1. The van der Waals surface area contributed by atoms with Gasteiger partial charge in [0.2, 0.25) is 0 Å². The summed E-state index contributed by atoms with van der Waals surface area (Å²) in [5.74, 6) is -1.64. The zero-order chi connectivity index (χ0) is 20.9. The van der Waals surface area contributed by atoms with Crippen molar-refractivity contribution in [3.05, 3.63) is 69.7 Å². The van der Waals surface area contributed by atoms with E-state index in [0.29, 0.717) is 0 Å². The van der Waals surface area contributed by atoms with Crippen molar-refractivity contribution in [1.82, 2.24) is 5.32 Å². The predicted molar refractivity (Wildman–Crippen MR) is 98.2 cm³/mol. The molecule has 1 amide bonds. The Morgan fingerprint density at radius 2 is 1.68 bits per heavy atom. The quantitative estimate of drug-likeness (QED) is 0.649. The molecule has 0 bridgehead atoms. The topological polar surface area (TPSA) is 75.6 Å². The molecule has 0 radical (unpaired) electrons. The number of carbonyl (C=O) groups excluding carboxylic acids is 2. The van der Waals surface area contributed by atoms with Crippen LogP contribution in [-0.4, -0.2) is 30.1 Å². The van der Waals surface area contributed by atoms with Gasteiger partial charge in [-0.15, -0.1) is 0 Å². The molecule has 0 aromatic heterocycles. The zero-order valence-corrected chi connectivity index (χ0v) is 16.3. The standard InChI is InChI=1S/C19H17BrF3NO4/c1-28-18(27)15(10-11-2-8-14(20)9-3-11)24-17(26)16(25)12-4-6-13(7-5-12)19(21,22)23/h2-9,15-16,25H,10H2,1H3,(H,24,26)/t15-,16+/m1/s1. The second-order valence-electron chi connectivity index (χ2n) is 5.94. The van der Waals surface area contributed by atoms with Crippen LogP contribution in [0.1, 0.15) is 22.8 Å². The molecule has 0 unspecified atom stereocenters. The molecule has 2 aromatic rings. The summed E-state index contributed by atoms with van der Waals surface area (Å²) in [6, 6.07) is 9.52. The fourth-order valence-corrected chi connectivity index (χ4v) is 2.71. The second kappa shape index (κ2) is 9.20. The molecular weight excluding hydrogens is 443 g/mol. The number of hydrogen-bond acceptors (Lipinski definition) is 4. The van der Waals surface area contributed by atoms with Crippen molar-refractivity contribution < 1.29 is 32.6 Å². The molecule has 0 aliphatic heterocycles. The summed E-state index contributed by atoms with van der Waals surface area (Å²) in [6.07, 6.45) is -6.14. The Bertz CT molecular complexity index is 823. The highest BCUT2D eigenvalue weighted by Crippen LogP contribution is 2.30. The van der Waals surface area contributed by atoms with Crippen molar-refractivity contribution in [1.29, 1.82) is 0 Å². The van der Waals surface area contributed by atoms with Crippen LogP contribution in [0.5, 0.6) is 0 Å². The number of methoxy groups -OCH3 is 1. The number of ether oxygens (including phenoxy) is 1. The highest BCUT2D eigenvalue weighted by atomic mass is 79.9. The number of esters is 1. The minimum absolute atomic E-state index is 0.0299. The summed E-state index contributed by atoms with van der Waals surface area (Å²) >= 11 is 3.29. The van der Waals surface area contributed by atoms with E-state index < -0.39 is 35.8 Å². The molecule has 0 saturated carbocycles. The van der Waals surface area contributed by atoms with Crippen LogP contribution < -0.4 is 5.32 Å². The van der Waals surface area contributed by atoms with Gasteiger partial charge in [0.1, 0.15) is 6.04 Å². The Balaban J connectivity index is 2.11. The fourth-order valence-electron chi connectivity index (χ4n) is 2.45. The molecule has 0 aliphatic carbocycles. The van der Waals surface area contributed by atoms with Crippen molar-refractivity contribution in [3.8, 4) is 0 Å². The smallest absolute Gasteiger partial charge is 0.416 e. The van der Waals surface area contributed by atoms with E-state index >= 15 is 0 Å². The van der Waals surface area contributed by atoms with E-state index in [-0.39, 0.29) is 12.0 Å². The van der Waals surface area contributed by atoms with E-state index in [0.717, 1.165) is 41.4 Å². The van der Waals surface area contributed by atoms with E-state index in [9.17, 15) is 27.9 Å². The summed E-state index contributed by atoms with van der Waals surface area (Å²) in [4.78, 5) is 24.3. The molecular formula is C19H17BrF3NO4. The molecule has 2 rings (SSSR count). The number of carbonyl (C=O) groups is 2. The number of rotatable bonds is 6. The van der Waals surface area contributed by atoms with Crippen molar-refractivity contribution >= 4 is 27.8 Å². The average Bonchev–Trinajstić information content (AvgIpc) is 2.67. The lowest BCUT2D eigenvalue weighted by atomic mass is 10.0. The maximum absolute atomic E-state index is 12.6. The molecule has 2 N–H and O–H groups in total. The van der Waals surface area contributed by atoms with Crippen LogP contribution >= 0.6 is 15.9 Å². The van der Waals surface area contributed by atoms with Gasteiger partial charge >= 0.3 is 12.1 Å². The van der Waals surface area contributed by atoms with Gasteiger partial charge in [0.05, 0.1) is 12.7 Å². The number of benzene rings is 2. The van der Waals surface area contributed by atoms with Gasteiger partial charge in [0.25, 0.3) is 5.91 Å². The first-order valence-electron chi connectivity index (χ1n) is 8.09. The van der Waals surface area contributed by atoms with Gasteiger partial charge in [0, 0.05) is 10.9 Å². The normalized spacial score (nSPS) is 13.5. The molecule has 5 nitrogen and oxygen atoms in total. The molecule has 9 heteroatoms. The summed E-state index contributed by atoms with van der Waals surface area (Å²) in [6.45, 7) is 0. The van der Waals surface area contributed by atoms with Crippen molar-refractivity contribution in [2.75, 3.05) is 7.11 Å². The minimum atomic E-state index is -4.52. The molecule has 2 atom stereocenters. The Hall–Kier alpha value is -2.39. The molecule has 0 aliphatic rings. The Labute approximate surface area is 167 Å². The van der Waals surface area contributed by atoms with Crippen LogP contribution in [0.15, 0.2) is 53.0 Å². The van der Waals surface area contributed by atoms with Gasteiger partial charge < -0.3 is 15.2 Å². The number of halogens is 4. The molecule has 0 saturated heterocycles. The van der Waals surface area contributed by atoms with Gasteiger partial charge in [-0.05, 0) is 35.4 Å². The van der Waals surface area contributed by atoms with E-state index in [4.69, 9.17) is 0 Å².